The monoisotopic (exact) mass is 514 g/mol. The van der Waals surface area contributed by atoms with Gasteiger partial charge in [-0.05, 0) is 108 Å². The summed E-state index contributed by atoms with van der Waals surface area (Å²) in [5.41, 5.74) is 7.36. The number of rotatable bonds is 12. The molecule has 0 radical (unpaired) electrons. The van der Waals surface area contributed by atoms with Gasteiger partial charge >= 0.3 is 0 Å². The first kappa shape index (κ1) is 29.8. The van der Waals surface area contributed by atoms with Crippen LogP contribution in [0.5, 0.6) is 11.5 Å². The fraction of sp³-hybridized carbons (Fsp3) is 0.500. The Balaban J connectivity index is 1.58. The minimum atomic E-state index is -0.178. The zero-order valence-electron chi connectivity index (χ0n) is 25.2. The van der Waals surface area contributed by atoms with Crippen LogP contribution in [0.3, 0.4) is 0 Å². The van der Waals surface area contributed by atoms with Crippen molar-refractivity contribution in [2.45, 2.75) is 106 Å². The third-order valence-corrected chi connectivity index (χ3v) is 7.97. The van der Waals surface area contributed by atoms with Crippen molar-refractivity contribution in [3.63, 3.8) is 0 Å². The van der Waals surface area contributed by atoms with E-state index in [9.17, 15) is 0 Å². The second-order valence-electron chi connectivity index (χ2n) is 12.0. The zero-order chi connectivity index (χ0) is 27.7. The summed E-state index contributed by atoms with van der Waals surface area (Å²) in [5, 5.41) is 0. The Morgan fingerprint density at radius 1 is 1.00 bits per heavy atom. The number of benzene rings is 2. The van der Waals surface area contributed by atoms with E-state index >= 15 is 0 Å². The predicted molar refractivity (Wildman–Crippen MR) is 163 cm³/mol. The van der Waals surface area contributed by atoms with E-state index in [1.807, 2.05) is 6.07 Å². The van der Waals surface area contributed by atoms with Crippen LogP contribution in [0, 0.1) is 32.6 Å². The van der Waals surface area contributed by atoms with Crippen molar-refractivity contribution in [2.24, 2.45) is 11.8 Å². The summed E-state index contributed by atoms with van der Waals surface area (Å²) < 4.78 is 13.1. The van der Waals surface area contributed by atoms with Gasteiger partial charge in [-0.2, -0.15) is 0 Å². The Hall–Kier alpha value is -2.74. The van der Waals surface area contributed by atoms with Crippen molar-refractivity contribution in [3.8, 4) is 11.5 Å². The maximum absolute atomic E-state index is 6.75. The normalized spacial score (nSPS) is 18.7. The van der Waals surface area contributed by atoms with Crippen LogP contribution in [0.2, 0.25) is 0 Å². The Labute approximate surface area is 232 Å². The van der Waals surface area contributed by atoms with Gasteiger partial charge < -0.3 is 9.47 Å². The van der Waals surface area contributed by atoms with Crippen molar-refractivity contribution in [3.05, 3.63) is 94.1 Å². The Kier molecular flexibility index (Phi) is 10.9. The standard InChI is InChI=1S/C36H50O2/c1-26(2)15-12-16-27(3)17-13-18-28(4)19-14-23-36(8)24-22-33-31(7)34(29(5)30(6)35(33)38-36)37-25-32-20-10-9-11-21-32/h9-11,13-15,18-21,27-28H,12,16-17,22-25H2,1-8H3/t27-,28-,36-/m1/s1. The molecule has 0 N–H and O–H groups in total. The van der Waals surface area contributed by atoms with Gasteiger partial charge in [-0.3, -0.25) is 0 Å². The van der Waals surface area contributed by atoms with E-state index in [4.69, 9.17) is 9.47 Å². The molecule has 0 bridgehead atoms. The van der Waals surface area contributed by atoms with Crippen LogP contribution in [0.4, 0.5) is 0 Å². The summed E-state index contributed by atoms with van der Waals surface area (Å²) in [6.07, 6.45) is 18.3. The van der Waals surface area contributed by atoms with Gasteiger partial charge in [-0.15, -0.1) is 0 Å². The van der Waals surface area contributed by atoms with Crippen molar-refractivity contribution >= 4 is 0 Å². The molecule has 0 unspecified atom stereocenters. The molecule has 0 spiro atoms. The molecule has 3 rings (SSSR count). The number of fused-ring (bicyclic) bond motifs is 1. The Bertz CT molecular complexity index is 1130. The molecule has 1 aliphatic rings. The van der Waals surface area contributed by atoms with Crippen LogP contribution in [0.25, 0.3) is 0 Å². The summed E-state index contributed by atoms with van der Waals surface area (Å²) >= 11 is 0. The van der Waals surface area contributed by atoms with Crippen LogP contribution < -0.4 is 9.47 Å². The number of ether oxygens (including phenoxy) is 2. The van der Waals surface area contributed by atoms with Crippen molar-refractivity contribution in [1.29, 1.82) is 0 Å². The van der Waals surface area contributed by atoms with Crippen LogP contribution in [0.1, 0.15) is 94.5 Å². The molecule has 0 amide bonds. The quantitative estimate of drug-likeness (QED) is 0.262. The van der Waals surface area contributed by atoms with Crippen molar-refractivity contribution in [1.82, 2.24) is 0 Å². The minimum absolute atomic E-state index is 0.178. The molecule has 206 valence electrons. The maximum atomic E-state index is 6.75. The van der Waals surface area contributed by atoms with E-state index in [1.165, 1.54) is 46.2 Å². The van der Waals surface area contributed by atoms with Crippen LogP contribution >= 0.6 is 0 Å². The van der Waals surface area contributed by atoms with Gasteiger partial charge in [-0.25, -0.2) is 0 Å². The average molecular weight is 515 g/mol. The SMILES string of the molecule is CC(C)=CCC[C@@H](C)CC=C[C@@H](C)C=CC[C@]1(C)CCc2c(C)c(OCc3ccccc3)c(C)c(C)c2O1. The molecular formula is C36H50O2. The molecule has 2 nitrogen and oxygen atoms in total. The average Bonchev–Trinajstić information content (AvgIpc) is 2.87. The number of hydrogen-bond donors (Lipinski definition) is 0. The minimum Gasteiger partial charge on any atom is -0.488 e. The van der Waals surface area contributed by atoms with E-state index < -0.39 is 0 Å². The topological polar surface area (TPSA) is 18.5 Å². The molecule has 0 saturated heterocycles. The highest BCUT2D eigenvalue weighted by Crippen LogP contribution is 2.44. The van der Waals surface area contributed by atoms with Crippen LogP contribution in [-0.2, 0) is 13.0 Å². The Morgan fingerprint density at radius 3 is 2.42 bits per heavy atom. The van der Waals surface area contributed by atoms with Gasteiger partial charge in [0.05, 0.1) is 0 Å². The van der Waals surface area contributed by atoms with Crippen LogP contribution in [-0.4, -0.2) is 5.60 Å². The zero-order valence-corrected chi connectivity index (χ0v) is 25.2. The molecular weight excluding hydrogens is 464 g/mol. The van der Waals surface area contributed by atoms with Crippen molar-refractivity contribution < 1.29 is 9.47 Å². The number of hydrogen-bond acceptors (Lipinski definition) is 2. The van der Waals surface area contributed by atoms with Gasteiger partial charge in [0.1, 0.15) is 23.7 Å². The third-order valence-electron chi connectivity index (χ3n) is 7.97. The van der Waals surface area contributed by atoms with Gasteiger partial charge in [0.15, 0.2) is 0 Å². The summed E-state index contributed by atoms with van der Waals surface area (Å²) in [4.78, 5) is 0. The number of allylic oxidation sites excluding steroid dienone is 5. The highest BCUT2D eigenvalue weighted by atomic mass is 16.5. The molecule has 0 aromatic heterocycles. The van der Waals surface area contributed by atoms with E-state index in [0.29, 0.717) is 12.5 Å². The summed E-state index contributed by atoms with van der Waals surface area (Å²) in [6.45, 7) is 18.4. The molecule has 38 heavy (non-hydrogen) atoms. The molecule has 0 fully saturated rings. The summed E-state index contributed by atoms with van der Waals surface area (Å²) in [6, 6.07) is 10.4. The molecule has 1 aliphatic heterocycles. The molecule has 1 heterocycles. The first-order valence-corrected chi connectivity index (χ1v) is 14.5. The molecule has 2 aromatic rings. The van der Waals surface area contributed by atoms with Gasteiger partial charge in [0, 0.05) is 12.0 Å². The Morgan fingerprint density at radius 2 is 1.71 bits per heavy atom. The summed E-state index contributed by atoms with van der Waals surface area (Å²) in [5.74, 6) is 3.26. The second-order valence-corrected chi connectivity index (χ2v) is 12.0. The first-order chi connectivity index (χ1) is 18.1. The van der Waals surface area contributed by atoms with E-state index in [1.54, 1.807) is 0 Å². The largest absolute Gasteiger partial charge is 0.488 e. The lowest BCUT2D eigenvalue weighted by molar-refractivity contribution is 0.0665. The first-order valence-electron chi connectivity index (χ1n) is 14.5. The van der Waals surface area contributed by atoms with E-state index in [2.05, 4.69) is 110 Å². The highest BCUT2D eigenvalue weighted by Gasteiger charge is 2.34. The van der Waals surface area contributed by atoms with Gasteiger partial charge in [0.25, 0.3) is 0 Å². The van der Waals surface area contributed by atoms with E-state index in [0.717, 1.165) is 43.1 Å². The predicted octanol–water partition coefficient (Wildman–Crippen LogP) is 10.2. The lowest BCUT2D eigenvalue weighted by Gasteiger charge is -2.38. The summed E-state index contributed by atoms with van der Waals surface area (Å²) in [7, 11) is 0. The fourth-order valence-electron chi connectivity index (χ4n) is 5.27. The molecule has 3 atom stereocenters. The van der Waals surface area contributed by atoms with Crippen molar-refractivity contribution in [2.75, 3.05) is 0 Å². The molecule has 2 heteroatoms. The lowest BCUT2D eigenvalue weighted by atomic mass is 9.85. The fourth-order valence-corrected chi connectivity index (χ4v) is 5.27. The molecule has 0 saturated carbocycles. The third kappa shape index (κ3) is 8.38. The van der Waals surface area contributed by atoms with E-state index in [-0.39, 0.29) is 5.60 Å². The van der Waals surface area contributed by atoms with Gasteiger partial charge in [-0.1, -0.05) is 80.1 Å². The highest BCUT2D eigenvalue weighted by molar-refractivity contribution is 5.59. The second kappa shape index (κ2) is 13.9. The van der Waals surface area contributed by atoms with Gasteiger partial charge in [0.2, 0.25) is 0 Å². The molecule has 2 aromatic carbocycles. The molecule has 0 aliphatic carbocycles. The smallest absolute Gasteiger partial charge is 0.127 e. The lowest BCUT2D eigenvalue weighted by Crippen LogP contribution is -2.36. The van der Waals surface area contributed by atoms with Crippen LogP contribution in [0.15, 0.2) is 66.3 Å². The maximum Gasteiger partial charge on any atom is 0.127 e.